The number of hydrogen-bond acceptors (Lipinski definition) is 4. The van der Waals surface area contributed by atoms with Crippen molar-refractivity contribution in [3.63, 3.8) is 0 Å². The first-order valence-electron chi connectivity index (χ1n) is 6.61. The van der Waals surface area contributed by atoms with E-state index in [0.717, 1.165) is 19.3 Å². The van der Waals surface area contributed by atoms with Crippen molar-refractivity contribution in [2.45, 2.75) is 31.7 Å². The van der Waals surface area contributed by atoms with Crippen molar-refractivity contribution in [1.82, 2.24) is 9.88 Å². The van der Waals surface area contributed by atoms with E-state index >= 15 is 0 Å². The smallest absolute Gasteiger partial charge is 0.307 e. The molecule has 0 N–H and O–H groups in total. The lowest BCUT2D eigenvalue weighted by Gasteiger charge is -2.35. The van der Waals surface area contributed by atoms with Gasteiger partial charge >= 0.3 is 5.97 Å². The second-order valence-corrected chi connectivity index (χ2v) is 5.61. The third kappa shape index (κ3) is 3.56. The standard InChI is InChI=1S/C14H17BrN2O3/c1-20-13(18)9-11-4-2-3-7-17(11)14(19)10-5-6-16-12(15)8-10/h5-6,8,11H,2-4,7,9H2,1H3. The molecule has 1 saturated heterocycles. The number of amides is 1. The summed E-state index contributed by atoms with van der Waals surface area (Å²) in [5.41, 5.74) is 0.587. The Kier molecular flexibility index (Phi) is 5.11. The third-order valence-corrected chi connectivity index (χ3v) is 3.93. The molecule has 1 aliphatic heterocycles. The van der Waals surface area contributed by atoms with Crippen molar-refractivity contribution >= 4 is 27.8 Å². The van der Waals surface area contributed by atoms with Gasteiger partial charge in [-0.3, -0.25) is 9.59 Å². The first-order valence-corrected chi connectivity index (χ1v) is 7.40. The SMILES string of the molecule is COC(=O)CC1CCCCN1C(=O)c1ccnc(Br)c1. The van der Waals surface area contributed by atoms with Crippen LogP contribution in [0.2, 0.25) is 0 Å². The van der Waals surface area contributed by atoms with Gasteiger partial charge < -0.3 is 9.64 Å². The number of pyridine rings is 1. The van der Waals surface area contributed by atoms with Gasteiger partial charge in [0.2, 0.25) is 0 Å². The average molecular weight is 341 g/mol. The van der Waals surface area contributed by atoms with Crippen molar-refractivity contribution in [2.75, 3.05) is 13.7 Å². The molecule has 2 rings (SSSR count). The number of carbonyl (C=O) groups is 2. The van der Waals surface area contributed by atoms with Crippen LogP contribution < -0.4 is 0 Å². The highest BCUT2D eigenvalue weighted by atomic mass is 79.9. The summed E-state index contributed by atoms with van der Waals surface area (Å²) in [6.45, 7) is 0.681. The van der Waals surface area contributed by atoms with E-state index in [1.165, 1.54) is 7.11 Å². The second-order valence-electron chi connectivity index (χ2n) is 4.80. The highest BCUT2D eigenvalue weighted by Crippen LogP contribution is 2.23. The molecule has 0 saturated carbocycles. The maximum absolute atomic E-state index is 12.6. The number of methoxy groups -OCH3 is 1. The number of likely N-dealkylation sites (tertiary alicyclic amines) is 1. The summed E-state index contributed by atoms with van der Waals surface area (Å²) in [7, 11) is 1.37. The molecule has 108 valence electrons. The Labute approximate surface area is 126 Å². The van der Waals surface area contributed by atoms with E-state index in [1.54, 1.807) is 23.2 Å². The van der Waals surface area contributed by atoms with Crippen molar-refractivity contribution in [1.29, 1.82) is 0 Å². The molecule has 0 aliphatic carbocycles. The number of hydrogen-bond donors (Lipinski definition) is 0. The quantitative estimate of drug-likeness (QED) is 0.626. The lowest BCUT2D eigenvalue weighted by atomic mass is 9.98. The molecule has 2 heterocycles. The summed E-state index contributed by atoms with van der Waals surface area (Å²) in [5, 5.41) is 0. The number of ether oxygens (including phenoxy) is 1. The van der Waals surface area contributed by atoms with Gasteiger partial charge in [0.1, 0.15) is 4.60 Å². The van der Waals surface area contributed by atoms with Gasteiger partial charge in [0, 0.05) is 24.3 Å². The summed E-state index contributed by atoms with van der Waals surface area (Å²) < 4.78 is 5.34. The summed E-state index contributed by atoms with van der Waals surface area (Å²) in [4.78, 5) is 29.8. The van der Waals surface area contributed by atoms with E-state index in [2.05, 4.69) is 20.9 Å². The van der Waals surface area contributed by atoms with E-state index in [4.69, 9.17) is 4.74 Å². The molecule has 1 aromatic rings. The second kappa shape index (κ2) is 6.83. The zero-order valence-electron chi connectivity index (χ0n) is 11.3. The Balaban J connectivity index is 2.15. The van der Waals surface area contributed by atoms with Crippen molar-refractivity contribution in [2.24, 2.45) is 0 Å². The van der Waals surface area contributed by atoms with Crippen LogP contribution in [0.25, 0.3) is 0 Å². The number of esters is 1. The monoisotopic (exact) mass is 340 g/mol. The third-order valence-electron chi connectivity index (χ3n) is 3.49. The van der Waals surface area contributed by atoms with Crippen LogP contribution in [0.4, 0.5) is 0 Å². The van der Waals surface area contributed by atoms with Gasteiger partial charge in [-0.05, 0) is 47.3 Å². The molecule has 5 nitrogen and oxygen atoms in total. The van der Waals surface area contributed by atoms with Crippen molar-refractivity contribution < 1.29 is 14.3 Å². The van der Waals surface area contributed by atoms with Gasteiger partial charge in [-0.2, -0.15) is 0 Å². The number of carbonyl (C=O) groups excluding carboxylic acids is 2. The van der Waals surface area contributed by atoms with Crippen LogP contribution in [0, 0.1) is 0 Å². The number of aromatic nitrogens is 1. The topological polar surface area (TPSA) is 59.5 Å². The minimum atomic E-state index is -0.273. The number of halogens is 1. The van der Waals surface area contributed by atoms with Crippen LogP contribution in [0.1, 0.15) is 36.0 Å². The van der Waals surface area contributed by atoms with Crippen molar-refractivity contribution in [3.05, 3.63) is 28.5 Å². The van der Waals surface area contributed by atoms with Crippen LogP contribution >= 0.6 is 15.9 Å². The minimum absolute atomic E-state index is 0.0540. The Morgan fingerprint density at radius 1 is 1.50 bits per heavy atom. The van der Waals surface area contributed by atoms with E-state index in [0.29, 0.717) is 16.7 Å². The molecule has 1 atom stereocenters. The van der Waals surface area contributed by atoms with E-state index in [1.807, 2.05) is 0 Å². The first-order chi connectivity index (χ1) is 9.61. The van der Waals surface area contributed by atoms with Gasteiger partial charge in [-0.15, -0.1) is 0 Å². The normalized spacial score (nSPS) is 18.7. The van der Waals surface area contributed by atoms with Crippen LogP contribution in [-0.2, 0) is 9.53 Å². The Morgan fingerprint density at radius 2 is 2.30 bits per heavy atom. The summed E-state index contributed by atoms with van der Waals surface area (Å²) in [5.74, 6) is -0.327. The fourth-order valence-electron chi connectivity index (χ4n) is 2.46. The van der Waals surface area contributed by atoms with Crippen LogP contribution in [0.3, 0.4) is 0 Å². The van der Waals surface area contributed by atoms with Gasteiger partial charge in [0.05, 0.1) is 13.5 Å². The largest absolute Gasteiger partial charge is 0.469 e. The molecule has 1 aliphatic rings. The highest BCUT2D eigenvalue weighted by Gasteiger charge is 2.29. The number of piperidine rings is 1. The predicted octanol–water partition coefficient (Wildman–Crippen LogP) is 2.40. The minimum Gasteiger partial charge on any atom is -0.469 e. The van der Waals surface area contributed by atoms with Gasteiger partial charge in [-0.1, -0.05) is 0 Å². The van der Waals surface area contributed by atoms with E-state index < -0.39 is 0 Å². The predicted molar refractivity (Wildman–Crippen MR) is 77.2 cm³/mol. The van der Waals surface area contributed by atoms with Gasteiger partial charge in [0.25, 0.3) is 5.91 Å². The van der Waals surface area contributed by atoms with E-state index in [9.17, 15) is 9.59 Å². The molecule has 0 radical (unpaired) electrons. The molecule has 0 aromatic carbocycles. The Bertz CT molecular complexity index is 507. The molecule has 1 amide bonds. The lowest BCUT2D eigenvalue weighted by Crippen LogP contribution is -2.44. The van der Waals surface area contributed by atoms with Crippen LogP contribution in [0.15, 0.2) is 22.9 Å². The Hall–Kier alpha value is -1.43. The summed E-state index contributed by atoms with van der Waals surface area (Å²) in [6.07, 6.45) is 4.69. The van der Waals surface area contributed by atoms with Crippen LogP contribution in [0.5, 0.6) is 0 Å². The zero-order valence-corrected chi connectivity index (χ0v) is 12.9. The Morgan fingerprint density at radius 3 is 3.00 bits per heavy atom. The maximum atomic E-state index is 12.6. The molecule has 0 spiro atoms. The summed E-state index contributed by atoms with van der Waals surface area (Å²) >= 11 is 3.27. The molecule has 1 unspecified atom stereocenters. The summed E-state index contributed by atoms with van der Waals surface area (Å²) in [6, 6.07) is 3.32. The zero-order chi connectivity index (χ0) is 14.5. The fourth-order valence-corrected chi connectivity index (χ4v) is 2.82. The van der Waals surface area contributed by atoms with Crippen molar-refractivity contribution in [3.8, 4) is 0 Å². The first kappa shape index (κ1) is 15.0. The number of rotatable bonds is 3. The molecule has 6 heteroatoms. The number of nitrogens with zero attached hydrogens (tertiary/aromatic N) is 2. The lowest BCUT2D eigenvalue weighted by molar-refractivity contribution is -0.142. The van der Waals surface area contributed by atoms with Gasteiger partial charge in [0.15, 0.2) is 0 Å². The van der Waals surface area contributed by atoms with Crippen LogP contribution in [-0.4, -0.2) is 41.5 Å². The molecular formula is C14H17BrN2O3. The van der Waals surface area contributed by atoms with E-state index in [-0.39, 0.29) is 24.3 Å². The molecule has 0 bridgehead atoms. The fraction of sp³-hybridized carbons (Fsp3) is 0.500. The molecule has 1 aromatic heterocycles. The maximum Gasteiger partial charge on any atom is 0.307 e. The van der Waals surface area contributed by atoms with Gasteiger partial charge in [-0.25, -0.2) is 4.98 Å². The molecule has 20 heavy (non-hydrogen) atoms. The molecular weight excluding hydrogens is 324 g/mol. The highest BCUT2D eigenvalue weighted by molar-refractivity contribution is 9.10. The molecule has 1 fully saturated rings. The average Bonchev–Trinajstić information content (AvgIpc) is 2.47.